The Kier molecular flexibility index (Phi) is 3.45. The average Bonchev–Trinajstić information content (AvgIpc) is 3.26. The van der Waals surface area contributed by atoms with Crippen molar-refractivity contribution in [1.29, 1.82) is 0 Å². The summed E-state index contributed by atoms with van der Waals surface area (Å²) in [5, 5.41) is 3.96. The third kappa shape index (κ3) is 2.55. The van der Waals surface area contributed by atoms with Gasteiger partial charge >= 0.3 is 0 Å². The Morgan fingerprint density at radius 1 is 1.35 bits per heavy atom. The number of hydrogen-bond acceptors (Lipinski definition) is 7. The normalized spacial score (nSPS) is 21.4. The molecule has 1 saturated heterocycles. The second-order valence-electron chi connectivity index (χ2n) is 5.88. The molecule has 0 unspecified atom stereocenters. The molecule has 2 atom stereocenters. The molecule has 8 heteroatoms. The van der Waals surface area contributed by atoms with Crippen LogP contribution in [0.2, 0.25) is 0 Å². The third-order valence-corrected chi connectivity index (χ3v) is 4.33. The fourth-order valence-corrected chi connectivity index (χ4v) is 3.24. The lowest BCUT2D eigenvalue weighted by Crippen LogP contribution is -2.23. The average molecular weight is 314 g/mol. The van der Waals surface area contributed by atoms with Crippen molar-refractivity contribution < 1.29 is 9.26 Å². The van der Waals surface area contributed by atoms with E-state index in [-0.39, 0.29) is 6.10 Å². The van der Waals surface area contributed by atoms with Crippen LogP contribution in [0.4, 0.5) is 5.82 Å². The van der Waals surface area contributed by atoms with Crippen molar-refractivity contribution in [1.82, 2.24) is 25.1 Å². The summed E-state index contributed by atoms with van der Waals surface area (Å²) >= 11 is 0. The van der Waals surface area contributed by atoms with Crippen LogP contribution >= 0.6 is 0 Å². The van der Waals surface area contributed by atoms with Crippen LogP contribution in [-0.4, -0.2) is 51.4 Å². The molecular weight excluding hydrogens is 296 g/mol. The van der Waals surface area contributed by atoms with E-state index in [1.807, 2.05) is 13.0 Å². The van der Waals surface area contributed by atoms with Gasteiger partial charge in [-0.3, -0.25) is 0 Å². The molecule has 4 heterocycles. The van der Waals surface area contributed by atoms with E-state index in [0.717, 1.165) is 42.3 Å². The molecule has 0 spiro atoms. The number of imidazole rings is 1. The molecule has 1 aliphatic rings. The van der Waals surface area contributed by atoms with Gasteiger partial charge in [0.1, 0.15) is 17.6 Å². The second-order valence-corrected chi connectivity index (χ2v) is 5.88. The monoisotopic (exact) mass is 314 g/mol. The topological polar surface area (TPSA) is 93.0 Å². The van der Waals surface area contributed by atoms with Gasteiger partial charge in [-0.25, -0.2) is 15.0 Å². The number of aromatic nitrogens is 5. The lowest BCUT2D eigenvalue weighted by Gasteiger charge is -2.17. The number of anilines is 1. The second kappa shape index (κ2) is 5.62. The van der Waals surface area contributed by atoms with E-state index < -0.39 is 0 Å². The number of ether oxygens (including phenoxy) is 1. The SMILES string of the molecule is CO[C@H]1CN(c2ncnc3nc[nH]c23)C[C@H]1Cc1cc(C)no1. The molecule has 0 amide bonds. The van der Waals surface area contributed by atoms with E-state index in [0.29, 0.717) is 11.6 Å². The number of methoxy groups -OCH3 is 1. The van der Waals surface area contributed by atoms with Crippen molar-refractivity contribution >= 4 is 17.0 Å². The van der Waals surface area contributed by atoms with Gasteiger partial charge in [-0.1, -0.05) is 5.16 Å². The third-order valence-electron chi connectivity index (χ3n) is 4.33. The predicted molar refractivity (Wildman–Crippen MR) is 83.1 cm³/mol. The first kappa shape index (κ1) is 14.1. The lowest BCUT2D eigenvalue weighted by atomic mass is 10.0. The summed E-state index contributed by atoms with van der Waals surface area (Å²) in [6.07, 6.45) is 4.11. The van der Waals surface area contributed by atoms with Crippen molar-refractivity contribution in [2.75, 3.05) is 25.1 Å². The highest BCUT2D eigenvalue weighted by Gasteiger charge is 2.35. The Labute approximate surface area is 132 Å². The highest BCUT2D eigenvalue weighted by Crippen LogP contribution is 2.29. The number of fused-ring (bicyclic) bond motifs is 1. The van der Waals surface area contributed by atoms with Gasteiger partial charge in [-0.2, -0.15) is 0 Å². The first-order valence-corrected chi connectivity index (χ1v) is 7.58. The van der Waals surface area contributed by atoms with Crippen molar-refractivity contribution in [2.24, 2.45) is 5.92 Å². The Morgan fingerprint density at radius 3 is 3.04 bits per heavy atom. The molecule has 1 aliphatic heterocycles. The zero-order chi connectivity index (χ0) is 15.8. The number of rotatable bonds is 4. The molecule has 0 aliphatic carbocycles. The standard InChI is InChI=1S/C15H18N6O2/c1-9-3-11(23-20-9)4-10-5-21(6-12(10)22-2)15-13-14(17-7-16-13)18-8-19-15/h3,7-8,10,12H,4-6H2,1-2H3,(H,16,17,18,19)/t10-,12+/m1/s1. The molecule has 1 N–H and O–H groups in total. The summed E-state index contributed by atoms with van der Waals surface area (Å²) in [6, 6.07) is 1.98. The van der Waals surface area contributed by atoms with E-state index in [9.17, 15) is 0 Å². The molecule has 1 fully saturated rings. The van der Waals surface area contributed by atoms with Gasteiger partial charge in [-0.05, 0) is 6.92 Å². The van der Waals surface area contributed by atoms with Crippen LogP contribution in [0.5, 0.6) is 0 Å². The van der Waals surface area contributed by atoms with E-state index in [1.165, 1.54) is 0 Å². The van der Waals surface area contributed by atoms with Crippen LogP contribution < -0.4 is 4.90 Å². The van der Waals surface area contributed by atoms with E-state index >= 15 is 0 Å². The van der Waals surface area contributed by atoms with E-state index in [4.69, 9.17) is 9.26 Å². The minimum Gasteiger partial charge on any atom is -0.379 e. The van der Waals surface area contributed by atoms with Gasteiger partial charge in [-0.15, -0.1) is 0 Å². The number of nitrogens with one attached hydrogen (secondary N) is 1. The zero-order valence-corrected chi connectivity index (χ0v) is 13.1. The molecule has 0 bridgehead atoms. The van der Waals surface area contributed by atoms with Crippen molar-refractivity contribution in [3.8, 4) is 0 Å². The molecule has 0 saturated carbocycles. The molecule has 4 rings (SSSR count). The molecule has 23 heavy (non-hydrogen) atoms. The molecular formula is C15H18N6O2. The fraction of sp³-hybridized carbons (Fsp3) is 0.467. The van der Waals surface area contributed by atoms with Crippen LogP contribution in [-0.2, 0) is 11.2 Å². The van der Waals surface area contributed by atoms with Crippen molar-refractivity contribution in [2.45, 2.75) is 19.4 Å². The Morgan fingerprint density at radius 2 is 2.26 bits per heavy atom. The van der Waals surface area contributed by atoms with Gasteiger partial charge in [0.05, 0.1) is 18.1 Å². The Balaban J connectivity index is 1.58. The van der Waals surface area contributed by atoms with Gasteiger partial charge in [0.15, 0.2) is 11.5 Å². The highest BCUT2D eigenvalue weighted by molar-refractivity contribution is 5.82. The Hall–Kier alpha value is -2.48. The maximum Gasteiger partial charge on any atom is 0.182 e. The summed E-state index contributed by atoms with van der Waals surface area (Å²) in [7, 11) is 1.75. The van der Waals surface area contributed by atoms with Gasteiger partial charge in [0.25, 0.3) is 0 Å². The van der Waals surface area contributed by atoms with Crippen LogP contribution in [0.1, 0.15) is 11.5 Å². The van der Waals surface area contributed by atoms with Crippen molar-refractivity contribution in [3.05, 3.63) is 30.2 Å². The van der Waals surface area contributed by atoms with Crippen LogP contribution in [0, 0.1) is 12.8 Å². The quantitative estimate of drug-likeness (QED) is 0.776. The smallest absolute Gasteiger partial charge is 0.182 e. The largest absolute Gasteiger partial charge is 0.379 e. The molecule has 3 aromatic rings. The summed E-state index contributed by atoms with van der Waals surface area (Å²) in [5.41, 5.74) is 2.44. The number of nitrogens with zero attached hydrogens (tertiary/aromatic N) is 5. The molecule has 0 radical (unpaired) electrons. The summed E-state index contributed by atoms with van der Waals surface area (Å²) < 4.78 is 11.0. The molecule has 3 aromatic heterocycles. The molecule has 8 nitrogen and oxygen atoms in total. The van der Waals surface area contributed by atoms with E-state index in [2.05, 4.69) is 30.0 Å². The summed E-state index contributed by atoms with van der Waals surface area (Å²) in [4.78, 5) is 18.1. The number of aromatic amines is 1. The van der Waals surface area contributed by atoms with Gasteiger partial charge in [0, 0.05) is 38.6 Å². The minimum atomic E-state index is 0.119. The van der Waals surface area contributed by atoms with E-state index in [1.54, 1.807) is 19.8 Å². The highest BCUT2D eigenvalue weighted by atomic mass is 16.5. The lowest BCUT2D eigenvalue weighted by molar-refractivity contribution is 0.0813. The first-order valence-electron chi connectivity index (χ1n) is 7.58. The van der Waals surface area contributed by atoms with Crippen LogP contribution in [0.3, 0.4) is 0 Å². The van der Waals surface area contributed by atoms with Crippen LogP contribution in [0.25, 0.3) is 11.2 Å². The molecule has 0 aromatic carbocycles. The number of hydrogen-bond donors (Lipinski definition) is 1. The summed E-state index contributed by atoms with van der Waals surface area (Å²) in [5.74, 6) is 2.08. The first-order chi connectivity index (χ1) is 11.2. The van der Waals surface area contributed by atoms with Gasteiger partial charge < -0.3 is 19.1 Å². The number of aryl methyl sites for hydroxylation is 1. The molecule has 120 valence electrons. The van der Waals surface area contributed by atoms with Crippen LogP contribution in [0.15, 0.2) is 23.2 Å². The summed E-state index contributed by atoms with van der Waals surface area (Å²) in [6.45, 7) is 3.54. The van der Waals surface area contributed by atoms with Gasteiger partial charge in [0.2, 0.25) is 0 Å². The number of H-pyrrole nitrogens is 1. The maximum atomic E-state index is 5.68. The minimum absolute atomic E-state index is 0.119. The Bertz CT molecular complexity index is 813. The predicted octanol–water partition coefficient (Wildman–Crippen LogP) is 1.34. The fourth-order valence-electron chi connectivity index (χ4n) is 3.24. The van der Waals surface area contributed by atoms with Crippen molar-refractivity contribution in [3.63, 3.8) is 0 Å². The maximum absolute atomic E-state index is 5.68. The zero-order valence-electron chi connectivity index (χ0n) is 13.1.